The van der Waals surface area contributed by atoms with Crippen LogP contribution in [0.5, 0.6) is 0 Å². The average molecular weight is 272 g/mol. The molecule has 0 aromatic heterocycles. The van der Waals surface area contributed by atoms with Crippen LogP contribution in [0.4, 0.5) is 0 Å². The molecule has 3 rings (SSSR count). The lowest BCUT2D eigenvalue weighted by Crippen LogP contribution is -2.37. The summed E-state index contributed by atoms with van der Waals surface area (Å²) in [6.07, 6.45) is 4.06. The van der Waals surface area contributed by atoms with Crippen molar-refractivity contribution in [3.05, 3.63) is 34.4 Å². The largest absolute Gasteiger partial charge is 0.310 e. The molecule has 1 aromatic rings. The molecule has 1 N–H and O–H groups in total. The number of aryl methyl sites for hydroxylation is 3. The normalized spacial score (nSPS) is 28.4. The summed E-state index contributed by atoms with van der Waals surface area (Å²) in [5, 5.41) is 3.79. The van der Waals surface area contributed by atoms with Crippen LogP contribution < -0.4 is 5.32 Å². The van der Waals surface area contributed by atoms with Gasteiger partial charge in [0.2, 0.25) is 0 Å². The number of hydrogen-bond acceptors (Lipinski definition) is 2. The molecule has 0 saturated carbocycles. The Hall–Kier alpha value is -0.860. The minimum absolute atomic E-state index is 0.539. The Morgan fingerprint density at radius 2 is 1.70 bits per heavy atom. The standard InChI is InChI=1S/C18H28N2/c1-12-9-13(2)18(14(3)10-12)15(4)20-8-7-16-5-6-17(11-20)19-16/h9-10,15-17,19H,5-8,11H2,1-4H3. The first kappa shape index (κ1) is 14.1. The first-order chi connectivity index (χ1) is 9.54. The van der Waals surface area contributed by atoms with E-state index in [4.69, 9.17) is 0 Å². The number of hydrogen-bond donors (Lipinski definition) is 1. The molecule has 0 amide bonds. The van der Waals surface area contributed by atoms with Crippen molar-refractivity contribution in [3.63, 3.8) is 0 Å². The number of benzene rings is 1. The Morgan fingerprint density at radius 1 is 1.05 bits per heavy atom. The van der Waals surface area contributed by atoms with Crippen LogP contribution in [0.25, 0.3) is 0 Å². The molecule has 0 spiro atoms. The minimum Gasteiger partial charge on any atom is -0.310 e. The summed E-state index contributed by atoms with van der Waals surface area (Å²) in [6.45, 7) is 11.6. The summed E-state index contributed by atoms with van der Waals surface area (Å²) in [5.41, 5.74) is 5.84. The molecule has 2 aliphatic heterocycles. The molecule has 0 aliphatic carbocycles. The van der Waals surface area contributed by atoms with Crippen LogP contribution in [0.1, 0.15) is 54.5 Å². The van der Waals surface area contributed by atoms with E-state index >= 15 is 0 Å². The highest BCUT2D eigenvalue weighted by Crippen LogP contribution is 2.31. The van der Waals surface area contributed by atoms with Gasteiger partial charge in [-0.05, 0) is 63.6 Å². The first-order valence-electron chi connectivity index (χ1n) is 8.12. The van der Waals surface area contributed by atoms with Crippen molar-refractivity contribution in [2.45, 2.75) is 65.1 Å². The molecule has 2 heteroatoms. The zero-order valence-corrected chi connectivity index (χ0v) is 13.4. The molecule has 20 heavy (non-hydrogen) atoms. The zero-order chi connectivity index (χ0) is 14.3. The minimum atomic E-state index is 0.539. The molecular formula is C18H28N2. The maximum Gasteiger partial charge on any atom is 0.0325 e. The van der Waals surface area contributed by atoms with Gasteiger partial charge in [-0.2, -0.15) is 0 Å². The van der Waals surface area contributed by atoms with Gasteiger partial charge in [0.1, 0.15) is 0 Å². The monoisotopic (exact) mass is 272 g/mol. The third-order valence-corrected chi connectivity index (χ3v) is 5.26. The SMILES string of the molecule is Cc1cc(C)c(C(C)N2CCC3CCC(C2)N3)c(C)c1. The number of nitrogens with one attached hydrogen (secondary N) is 1. The van der Waals surface area contributed by atoms with Gasteiger partial charge in [-0.25, -0.2) is 0 Å². The van der Waals surface area contributed by atoms with Gasteiger partial charge >= 0.3 is 0 Å². The number of rotatable bonds is 2. The van der Waals surface area contributed by atoms with Gasteiger partial charge in [0.25, 0.3) is 0 Å². The summed E-state index contributed by atoms with van der Waals surface area (Å²) in [4.78, 5) is 2.70. The quantitative estimate of drug-likeness (QED) is 0.886. The fraction of sp³-hybridized carbons (Fsp3) is 0.667. The summed E-state index contributed by atoms with van der Waals surface area (Å²) < 4.78 is 0. The van der Waals surface area contributed by atoms with E-state index in [0.29, 0.717) is 6.04 Å². The van der Waals surface area contributed by atoms with Crippen LogP contribution in [0.2, 0.25) is 0 Å². The van der Waals surface area contributed by atoms with Crippen molar-refractivity contribution in [2.75, 3.05) is 13.1 Å². The second-order valence-corrected chi connectivity index (χ2v) is 6.91. The van der Waals surface area contributed by atoms with Gasteiger partial charge in [0.15, 0.2) is 0 Å². The van der Waals surface area contributed by atoms with Gasteiger partial charge in [-0.3, -0.25) is 4.90 Å². The van der Waals surface area contributed by atoms with Crippen molar-refractivity contribution < 1.29 is 0 Å². The Labute approximate surface area is 123 Å². The average Bonchev–Trinajstić information content (AvgIpc) is 2.67. The Balaban J connectivity index is 1.83. The van der Waals surface area contributed by atoms with Crippen molar-refractivity contribution in [3.8, 4) is 0 Å². The highest BCUT2D eigenvalue weighted by atomic mass is 15.2. The van der Waals surface area contributed by atoms with Crippen LogP contribution in [-0.2, 0) is 0 Å². The lowest BCUT2D eigenvalue weighted by Gasteiger charge is -2.32. The van der Waals surface area contributed by atoms with E-state index in [1.54, 1.807) is 5.56 Å². The zero-order valence-electron chi connectivity index (χ0n) is 13.4. The molecule has 1 aromatic carbocycles. The van der Waals surface area contributed by atoms with Crippen molar-refractivity contribution in [2.24, 2.45) is 0 Å². The smallest absolute Gasteiger partial charge is 0.0325 e. The Kier molecular flexibility index (Phi) is 3.87. The van der Waals surface area contributed by atoms with Crippen LogP contribution in [0, 0.1) is 20.8 Å². The van der Waals surface area contributed by atoms with E-state index in [-0.39, 0.29) is 0 Å². The lowest BCUT2D eigenvalue weighted by molar-refractivity contribution is 0.199. The second kappa shape index (κ2) is 5.50. The molecule has 2 fully saturated rings. The van der Waals surface area contributed by atoms with Crippen LogP contribution in [0.3, 0.4) is 0 Å². The molecule has 2 heterocycles. The maximum absolute atomic E-state index is 3.79. The molecule has 2 nitrogen and oxygen atoms in total. The summed E-state index contributed by atoms with van der Waals surface area (Å²) in [5.74, 6) is 0. The fourth-order valence-corrected chi connectivity index (χ4v) is 4.35. The van der Waals surface area contributed by atoms with Gasteiger partial charge in [0.05, 0.1) is 0 Å². The van der Waals surface area contributed by atoms with Crippen molar-refractivity contribution in [1.82, 2.24) is 10.2 Å². The van der Waals surface area contributed by atoms with E-state index in [1.807, 2.05) is 0 Å². The molecule has 0 radical (unpaired) electrons. The van der Waals surface area contributed by atoms with Gasteiger partial charge in [-0.1, -0.05) is 17.7 Å². The topological polar surface area (TPSA) is 15.3 Å². The van der Waals surface area contributed by atoms with Crippen LogP contribution >= 0.6 is 0 Å². The van der Waals surface area contributed by atoms with E-state index in [2.05, 4.69) is 50.0 Å². The van der Waals surface area contributed by atoms with E-state index in [0.717, 1.165) is 12.1 Å². The Morgan fingerprint density at radius 3 is 2.40 bits per heavy atom. The van der Waals surface area contributed by atoms with Gasteiger partial charge in [-0.15, -0.1) is 0 Å². The highest BCUT2D eigenvalue weighted by molar-refractivity contribution is 5.39. The van der Waals surface area contributed by atoms with Crippen LogP contribution in [0.15, 0.2) is 12.1 Å². The van der Waals surface area contributed by atoms with E-state index < -0.39 is 0 Å². The number of nitrogens with zero attached hydrogens (tertiary/aromatic N) is 1. The maximum atomic E-state index is 3.79. The summed E-state index contributed by atoms with van der Waals surface area (Å²) in [7, 11) is 0. The third-order valence-electron chi connectivity index (χ3n) is 5.26. The summed E-state index contributed by atoms with van der Waals surface area (Å²) in [6, 6.07) is 6.70. The van der Waals surface area contributed by atoms with Crippen molar-refractivity contribution >= 4 is 0 Å². The molecule has 2 bridgehead atoms. The van der Waals surface area contributed by atoms with Crippen molar-refractivity contribution in [1.29, 1.82) is 0 Å². The van der Waals surface area contributed by atoms with E-state index in [1.165, 1.54) is 49.0 Å². The molecule has 3 atom stereocenters. The molecule has 2 aliphatic rings. The number of fused-ring (bicyclic) bond motifs is 2. The third kappa shape index (κ3) is 2.64. The predicted molar refractivity (Wildman–Crippen MR) is 85.2 cm³/mol. The fourth-order valence-electron chi connectivity index (χ4n) is 4.35. The van der Waals surface area contributed by atoms with Gasteiger partial charge in [0, 0.05) is 31.2 Å². The predicted octanol–water partition coefficient (Wildman–Crippen LogP) is 3.50. The lowest BCUT2D eigenvalue weighted by atomic mass is 9.93. The van der Waals surface area contributed by atoms with E-state index in [9.17, 15) is 0 Å². The molecule has 110 valence electrons. The van der Waals surface area contributed by atoms with Gasteiger partial charge < -0.3 is 5.32 Å². The van der Waals surface area contributed by atoms with Crippen LogP contribution in [-0.4, -0.2) is 30.1 Å². The summed E-state index contributed by atoms with van der Waals surface area (Å²) >= 11 is 0. The first-order valence-corrected chi connectivity index (χ1v) is 8.12. The molecule has 3 unspecified atom stereocenters. The Bertz CT molecular complexity index is 471. The highest BCUT2D eigenvalue weighted by Gasteiger charge is 2.31. The molecule has 2 saturated heterocycles. The second-order valence-electron chi connectivity index (χ2n) is 6.91. The molecular weight excluding hydrogens is 244 g/mol. The number of likely N-dealkylation sites (tertiary alicyclic amines) is 1.